The molecule has 0 heterocycles. The molecule has 6 nitrogen and oxygen atoms in total. The van der Waals surface area contributed by atoms with E-state index in [1.165, 1.54) is 12.8 Å². The van der Waals surface area contributed by atoms with E-state index < -0.39 is 12.1 Å². The van der Waals surface area contributed by atoms with Gasteiger partial charge in [0.05, 0.1) is 0 Å². The molecule has 0 bridgehead atoms. The van der Waals surface area contributed by atoms with Gasteiger partial charge in [0.1, 0.15) is 13.2 Å². The minimum Gasteiger partial charge on any atom is -0.462 e. The van der Waals surface area contributed by atoms with Crippen LogP contribution >= 0.6 is 0 Å². The first-order valence-corrected chi connectivity index (χ1v) is 24.2. The van der Waals surface area contributed by atoms with E-state index in [0.29, 0.717) is 19.3 Å². The Morgan fingerprint density at radius 3 is 1.06 bits per heavy atom. The summed E-state index contributed by atoms with van der Waals surface area (Å²) in [5.74, 6) is -1.07. The van der Waals surface area contributed by atoms with Crippen molar-refractivity contribution in [2.24, 2.45) is 0 Å². The van der Waals surface area contributed by atoms with Crippen molar-refractivity contribution in [3.63, 3.8) is 0 Å². The van der Waals surface area contributed by atoms with Gasteiger partial charge in [-0.1, -0.05) is 180 Å². The van der Waals surface area contributed by atoms with E-state index >= 15 is 0 Å². The third-order valence-electron chi connectivity index (χ3n) is 9.35. The Morgan fingerprint density at radius 2 is 0.645 bits per heavy atom. The van der Waals surface area contributed by atoms with Gasteiger partial charge < -0.3 is 14.2 Å². The van der Waals surface area contributed by atoms with E-state index in [-0.39, 0.29) is 38.0 Å². The fraction of sp³-hybridized carbons (Fsp3) is 0.554. The summed E-state index contributed by atoms with van der Waals surface area (Å²) in [6.07, 6.45) is 68.8. The summed E-state index contributed by atoms with van der Waals surface area (Å²) in [4.78, 5) is 37.8. The second-order valence-corrected chi connectivity index (χ2v) is 15.2. The molecule has 1 atom stereocenters. The molecule has 0 aliphatic carbocycles. The maximum absolute atomic E-state index is 12.7. The topological polar surface area (TPSA) is 78.9 Å². The summed E-state index contributed by atoms with van der Waals surface area (Å²) < 4.78 is 16.6. The largest absolute Gasteiger partial charge is 0.462 e. The minimum absolute atomic E-state index is 0.128. The average molecular weight is 855 g/mol. The number of unbranched alkanes of at least 4 members (excludes halogenated alkanes) is 8. The molecule has 0 saturated carbocycles. The SMILES string of the molecule is CC/C=C\C/C=C\C/C=C\C/C=C\C/C=C\CCCC(=O)OCC(COC(=O)CCCCCCC/C=C\CCC)OC(=O)CCC/C=C\C/C=C\C/C=C\C/C=C\C/C=C\CC. The smallest absolute Gasteiger partial charge is 0.306 e. The molecular formula is C56H86O6. The lowest BCUT2D eigenvalue weighted by molar-refractivity contribution is -0.167. The van der Waals surface area contributed by atoms with Crippen LogP contribution < -0.4 is 0 Å². The van der Waals surface area contributed by atoms with Crippen LogP contribution in [0, 0.1) is 0 Å². The number of carbonyl (C=O) groups excluding carboxylic acids is 3. The van der Waals surface area contributed by atoms with E-state index in [1.807, 2.05) is 0 Å². The number of hydrogen-bond acceptors (Lipinski definition) is 6. The zero-order valence-corrected chi connectivity index (χ0v) is 39.3. The molecule has 0 fully saturated rings. The van der Waals surface area contributed by atoms with Crippen LogP contribution in [0.3, 0.4) is 0 Å². The maximum atomic E-state index is 12.7. The summed E-state index contributed by atoms with van der Waals surface area (Å²) in [7, 11) is 0. The van der Waals surface area contributed by atoms with Crippen molar-refractivity contribution < 1.29 is 28.6 Å². The van der Waals surface area contributed by atoms with Gasteiger partial charge in [-0.15, -0.1) is 0 Å². The predicted molar refractivity (Wildman–Crippen MR) is 265 cm³/mol. The second kappa shape index (κ2) is 49.2. The Kier molecular flexibility index (Phi) is 45.7. The Hall–Kier alpha value is -4.45. The first kappa shape index (κ1) is 57.5. The van der Waals surface area contributed by atoms with Crippen LogP contribution in [0.2, 0.25) is 0 Å². The van der Waals surface area contributed by atoms with Crippen molar-refractivity contribution in [2.45, 2.75) is 187 Å². The number of carbonyl (C=O) groups is 3. The summed E-state index contributed by atoms with van der Waals surface area (Å²) in [6.45, 7) is 6.21. The quantitative estimate of drug-likeness (QED) is 0.0264. The molecule has 0 aliphatic heterocycles. The molecule has 0 rings (SSSR count). The van der Waals surface area contributed by atoms with Crippen LogP contribution in [0.4, 0.5) is 0 Å². The molecule has 0 N–H and O–H groups in total. The van der Waals surface area contributed by atoms with Crippen LogP contribution in [0.15, 0.2) is 134 Å². The maximum Gasteiger partial charge on any atom is 0.306 e. The highest BCUT2D eigenvalue weighted by Crippen LogP contribution is 2.11. The number of rotatable bonds is 41. The number of ether oxygens (including phenoxy) is 3. The summed E-state index contributed by atoms with van der Waals surface area (Å²) in [5.41, 5.74) is 0. The molecule has 0 aromatic carbocycles. The highest BCUT2D eigenvalue weighted by atomic mass is 16.6. The van der Waals surface area contributed by atoms with Crippen molar-refractivity contribution in [3.8, 4) is 0 Å². The third kappa shape index (κ3) is 46.6. The highest BCUT2D eigenvalue weighted by Gasteiger charge is 2.19. The van der Waals surface area contributed by atoms with Crippen LogP contribution in [-0.2, 0) is 28.6 Å². The van der Waals surface area contributed by atoms with Crippen molar-refractivity contribution in [2.75, 3.05) is 13.2 Å². The number of hydrogen-bond donors (Lipinski definition) is 0. The minimum atomic E-state index is -0.837. The van der Waals surface area contributed by atoms with E-state index in [9.17, 15) is 14.4 Å². The molecule has 0 saturated heterocycles. The van der Waals surface area contributed by atoms with E-state index in [2.05, 4.69) is 154 Å². The number of allylic oxidation sites excluding steroid dienone is 22. The molecule has 62 heavy (non-hydrogen) atoms. The molecule has 0 radical (unpaired) electrons. The fourth-order valence-electron chi connectivity index (χ4n) is 5.81. The van der Waals surface area contributed by atoms with Crippen LogP contribution in [0.5, 0.6) is 0 Å². The van der Waals surface area contributed by atoms with Gasteiger partial charge in [0, 0.05) is 19.3 Å². The van der Waals surface area contributed by atoms with Gasteiger partial charge in [0.25, 0.3) is 0 Å². The van der Waals surface area contributed by atoms with E-state index in [0.717, 1.165) is 116 Å². The number of esters is 3. The Morgan fingerprint density at radius 1 is 0.339 bits per heavy atom. The first-order chi connectivity index (χ1) is 30.5. The molecule has 0 aromatic rings. The van der Waals surface area contributed by atoms with Crippen molar-refractivity contribution >= 4 is 17.9 Å². The average Bonchev–Trinajstić information content (AvgIpc) is 3.27. The lowest BCUT2D eigenvalue weighted by Crippen LogP contribution is -2.30. The molecule has 0 amide bonds. The van der Waals surface area contributed by atoms with Crippen LogP contribution in [-0.4, -0.2) is 37.2 Å². The van der Waals surface area contributed by atoms with Gasteiger partial charge in [-0.2, -0.15) is 0 Å². The van der Waals surface area contributed by atoms with Gasteiger partial charge in [-0.3, -0.25) is 14.4 Å². The molecule has 346 valence electrons. The molecule has 0 aromatic heterocycles. The molecular weight excluding hydrogens is 769 g/mol. The van der Waals surface area contributed by atoms with E-state index in [1.54, 1.807) is 0 Å². The lowest BCUT2D eigenvalue weighted by atomic mass is 10.1. The zero-order chi connectivity index (χ0) is 45.1. The van der Waals surface area contributed by atoms with Crippen molar-refractivity contribution in [1.82, 2.24) is 0 Å². The summed E-state index contributed by atoms with van der Waals surface area (Å²) >= 11 is 0. The molecule has 6 heteroatoms. The lowest BCUT2D eigenvalue weighted by Gasteiger charge is -2.18. The molecule has 0 aliphatic rings. The third-order valence-corrected chi connectivity index (χ3v) is 9.35. The zero-order valence-electron chi connectivity index (χ0n) is 39.3. The van der Waals surface area contributed by atoms with Crippen molar-refractivity contribution in [3.05, 3.63) is 134 Å². The van der Waals surface area contributed by atoms with Gasteiger partial charge in [-0.25, -0.2) is 0 Å². The first-order valence-electron chi connectivity index (χ1n) is 24.2. The summed E-state index contributed by atoms with van der Waals surface area (Å²) in [5, 5.41) is 0. The molecule has 0 spiro atoms. The Bertz CT molecular complexity index is 1400. The van der Waals surface area contributed by atoms with Gasteiger partial charge in [-0.05, 0) is 116 Å². The Labute approximate surface area is 379 Å². The standard InChI is InChI=1S/C56H86O6/c1-4-7-10-13-16-19-22-24-26-28-30-32-34-37-40-43-46-49-55(58)61-52-53(51-60-54(57)48-45-42-39-36-21-18-15-12-9-6-3)62-56(59)50-47-44-41-38-35-33-31-29-27-25-23-20-17-14-11-8-5-2/h7-8,10-12,15-17,19-20,24-27,30-33,37-38,40-41,53H,4-6,9,13-14,18,21-23,28-29,34-36,39,42-52H2,1-3H3/b10-7-,11-8-,15-12-,19-16-,20-17-,26-24-,27-25-,32-30-,33-31-,40-37-,41-38-. The second-order valence-electron chi connectivity index (χ2n) is 15.2. The van der Waals surface area contributed by atoms with E-state index in [4.69, 9.17) is 14.2 Å². The predicted octanol–water partition coefficient (Wildman–Crippen LogP) is 15.9. The van der Waals surface area contributed by atoms with Gasteiger partial charge in [0.15, 0.2) is 6.10 Å². The highest BCUT2D eigenvalue weighted by molar-refractivity contribution is 5.71. The fourth-order valence-corrected chi connectivity index (χ4v) is 5.81. The van der Waals surface area contributed by atoms with Gasteiger partial charge >= 0.3 is 17.9 Å². The van der Waals surface area contributed by atoms with Crippen LogP contribution in [0.25, 0.3) is 0 Å². The van der Waals surface area contributed by atoms with Crippen LogP contribution in [0.1, 0.15) is 181 Å². The van der Waals surface area contributed by atoms with Gasteiger partial charge in [0.2, 0.25) is 0 Å². The Balaban J connectivity index is 4.59. The normalized spacial score (nSPS) is 13.3. The summed E-state index contributed by atoms with van der Waals surface area (Å²) in [6, 6.07) is 0. The monoisotopic (exact) mass is 855 g/mol. The molecule has 1 unspecified atom stereocenters. The van der Waals surface area contributed by atoms with Crippen molar-refractivity contribution in [1.29, 1.82) is 0 Å².